The van der Waals surface area contributed by atoms with Crippen LogP contribution in [-0.2, 0) is 24.7 Å². The first-order valence-corrected chi connectivity index (χ1v) is 9.76. The molecule has 0 unspecified atom stereocenters. The molecule has 0 aliphatic rings. The minimum Gasteiger partial charge on any atom is -0.310 e. The van der Waals surface area contributed by atoms with E-state index in [9.17, 15) is 9.18 Å². The normalized spacial score (nSPS) is 10.8. The van der Waals surface area contributed by atoms with E-state index in [1.54, 1.807) is 30.2 Å². The van der Waals surface area contributed by atoms with Crippen LogP contribution in [0.15, 0.2) is 61.3 Å². The molecule has 4 aromatic rings. The number of halogens is 1. The number of anilines is 1. The van der Waals surface area contributed by atoms with Gasteiger partial charge in [0.15, 0.2) is 0 Å². The fourth-order valence-corrected chi connectivity index (χ4v) is 3.10. The van der Waals surface area contributed by atoms with Crippen molar-refractivity contribution in [2.24, 2.45) is 7.05 Å². The van der Waals surface area contributed by atoms with Crippen LogP contribution < -0.4 is 5.32 Å². The second-order valence-electron chi connectivity index (χ2n) is 7.33. The Balaban J connectivity index is 1.37. The van der Waals surface area contributed by atoms with Crippen LogP contribution in [0.1, 0.15) is 22.5 Å². The third-order valence-electron chi connectivity index (χ3n) is 4.78. The molecule has 4 rings (SSSR count). The smallest absolute Gasteiger partial charge is 0.229 e. The molecule has 0 bridgehead atoms. The van der Waals surface area contributed by atoms with Crippen LogP contribution in [-0.4, -0.2) is 30.6 Å². The van der Waals surface area contributed by atoms with Crippen molar-refractivity contribution in [1.82, 2.24) is 24.7 Å². The van der Waals surface area contributed by atoms with Gasteiger partial charge < -0.3 is 5.32 Å². The van der Waals surface area contributed by atoms with Crippen LogP contribution in [0.25, 0.3) is 11.1 Å². The Hall–Kier alpha value is -3.94. The summed E-state index contributed by atoms with van der Waals surface area (Å²) in [4.78, 5) is 25.1. The molecular formula is C23H21FN6O. The van der Waals surface area contributed by atoms with Crippen LogP contribution in [0.4, 0.5) is 10.2 Å². The predicted molar refractivity (Wildman–Crippen MR) is 115 cm³/mol. The van der Waals surface area contributed by atoms with E-state index < -0.39 is 5.82 Å². The quantitative estimate of drug-likeness (QED) is 0.520. The largest absolute Gasteiger partial charge is 0.310 e. The number of amides is 1. The number of carbonyl (C=O) groups is 1. The van der Waals surface area contributed by atoms with Gasteiger partial charge in [-0.1, -0.05) is 24.3 Å². The number of benzene rings is 1. The molecule has 1 aromatic carbocycles. The molecule has 1 amide bonds. The molecule has 0 aliphatic carbocycles. The van der Waals surface area contributed by atoms with Gasteiger partial charge in [0, 0.05) is 55.4 Å². The molecule has 0 atom stereocenters. The molecule has 156 valence electrons. The van der Waals surface area contributed by atoms with Crippen molar-refractivity contribution >= 4 is 11.7 Å². The third kappa shape index (κ3) is 5.16. The van der Waals surface area contributed by atoms with E-state index in [-0.39, 0.29) is 18.1 Å². The summed E-state index contributed by atoms with van der Waals surface area (Å²) in [7, 11) is 1.87. The Morgan fingerprint density at radius 3 is 2.39 bits per heavy atom. The maximum Gasteiger partial charge on any atom is 0.229 e. The number of aryl methyl sites for hydroxylation is 2. The monoisotopic (exact) mass is 416 g/mol. The molecule has 8 heteroatoms. The Labute approximate surface area is 179 Å². The SMILES string of the molecule is Cc1cnc(NC(=O)Cc2ccc(-c3cnc(Cc4cnn(C)c4)nc3)cc2)cc1F. The summed E-state index contributed by atoms with van der Waals surface area (Å²) in [6, 6.07) is 8.81. The molecule has 1 N–H and O–H groups in total. The second-order valence-corrected chi connectivity index (χ2v) is 7.33. The van der Waals surface area contributed by atoms with Crippen molar-refractivity contribution in [2.75, 3.05) is 5.32 Å². The number of hydrogen-bond donors (Lipinski definition) is 1. The zero-order valence-corrected chi connectivity index (χ0v) is 17.2. The van der Waals surface area contributed by atoms with Crippen LogP contribution in [0, 0.1) is 12.7 Å². The van der Waals surface area contributed by atoms with Crippen LogP contribution in [0.2, 0.25) is 0 Å². The van der Waals surface area contributed by atoms with E-state index in [1.165, 1.54) is 12.3 Å². The molecular weight excluding hydrogens is 395 g/mol. The lowest BCUT2D eigenvalue weighted by Crippen LogP contribution is -2.15. The summed E-state index contributed by atoms with van der Waals surface area (Å²) >= 11 is 0. The van der Waals surface area contributed by atoms with Gasteiger partial charge in [0.2, 0.25) is 5.91 Å². The minimum atomic E-state index is -0.400. The summed E-state index contributed by atoms with van der Waals surface area (Å²) in [5.74, 6) is 0.273. The Kier molecular flexibility index (Phi) is 5.79. The molecule has 0 saturated heterocycles. The molecule has 0 saturated carbocycles. The van der Waals surface area contributed by atoms with Gasteiger partial charge in [0.05, 0.1) is 12.6 Å². The zero-order valence-electron chi connectivity index (χ0n) is 17.2. The van der Waals surface area contributed by atoms with Gasteiger partial charge in [0.25, 0.3) is 0 Å². The van der Waals surface area contributed by atoms with E-state index in [4.69, 9.17) is 0 Å². The van der Waals surface area contributed by atoms with Gasteiger partial charge >= 0.3 is 0 Å². The van der Waals surface area contributed by atoms with E-state index in [2.05, 4.69) is 25.4 Å². The molecule has 3 aromatic heterocycles. The molecule has 31 heavy (non-hydrogen) atoms. The molecule has 0 aliphatic heterocycles. The average Bonchev–Trinajstić information content (AvgIpc) is 3.16. The highest BCUT2D eigenvalue weighted by atomic mass is 19.1. The number of aromatic nitrogens is 5. The number of pyridine rings is 1. The number of hydrogen-bond acceptors (Lipinski definition) is 5. The first kappa shape index (κ1) is 20.3. The lowest BCUT2D eigenvalue weighted by molar-refractivity contribution is -0.115. The van der Waals surface area contributed by atoms with Gasteiger partial charge in [-0.25, -0.2) is 19.3 Å². The number of carbonyl (C=O) groups excluding carboxylic acids is 1. The van der Waals surface area contributed by atoms with Crippen molar-refractivity contribution < 1.29 is 9.18 Å². The first-order chi connectivity index (χ1) is 15.0. The summed E-state index contributed by atoms with van der Waals surface area (Å²) in [6.07, 6.45) is 9.51. The molecule has 0 fully saturated rings. The van der Waals surface area contributed by atoms with Gasteiger partial charge in [0.1, 0.15) is 17.5 Å². The Morgan fingerprint density at radius 1 is 1.00 bits per heavy atom. The van der Waals surface area contributed by atoms with E-state index in [0.29, 0.717) is 12.0 Å². The molecule has 7 nitrogen and oxygen atoms in total. The lowest BCUT2D eigenvalue weighted by Gasteiger charge is -2.07. The highest BCUT2D eigenvalue weighted by Crippen LogP contribution is 2.19. The van der Waals surface area contributed by atoms with Crippen molar-refractivity contribution in [1.29, 1.82) is 0 Å². The number of nitrogens with zero attached hydrogens (tertiary/aromatic N) is 5. The van der Waals surface area contributed by atoms with Gasteiger partial charge in [-0.15, -0.1) is 0 Å². The van der Waals surface area contributed by atoms with Crippen molar-refractivity contribution in [3.05, 3.63) is 89.6 Å². The van der Waals surface area contributed by atoms with Gasteiger partial charge in [-0.05, 0) is 23.6 Å². The summed E-state index contributed by atoms with van der Waals surface area (Å²) in [6.45, 7) is 1.62. The first-order valence-electron chi connectivity index (χ1n) is 9.76. The Morgan fingerprint density at radius 2 is 1.74 bits per heavy atom. The van der Waals surface area contributed by atoms with Crippen molar-refractivity contribution in [3.8, 4) is 11.1 Å². The fraction of sp³-hybridized carbons (Fsp3) is 0.174. The maximum absolute atomic E-state index is 13.6. The van der Waals surface area contributed by atoms with E-state index in [0.717, 1.165) is 28.1 Å². The van der Waals surface area contributed by atoms with Gasteiger partial charge in [-0.2, -0.15) is 5.10 Å². The van der Waals surface area contributed by atoms with Crippen molar-refractivity contribution in [3.63, 3.8) is 0 Å². The van der Waals surface area contributed by atoms with Gasteiger partial charge in [-0.3, -0.25) is 9.48 Å². The Bertz CT molecular complexity index is 1200. The maximum atomic E-state index is 13.6. The standard InChI is InChI=1S/C23H21FN6O/c1-15-10-25-22(9-20(15)24)29-23(31)8-16-3-5-18(6-4-16)19-12-26-21(27-13-19)7-17-11-28-30(2)14-17/h3-6,9-14H,7-8H2,1-2H3,(H,25,29,31). The summed E-state index contributed by atoms with van der Waals surface area (Å²) in [5.41, 5.74) is 4.18. The summed E-state index contributed by atoms with van der Waals surface area (Å²) in [5, 5.41) is 6.77. The second kappa shape index (κ2) is 8.83. The topological polar surface area (TPSA) is 85.6 Å². The van der Waals surface area contributed by atoms with Crippen LogP contribution >= 0.6 is 0 Å². The predicted octanol–water partition coefficient (Wildman–Crippen LogP) is 3.49. The average molecular weight is 416 g/mol. The molecule has 0 radical (unpaired) electrons. The summed E-state index contributed by atoms with van der Waals surface area (Å²) < 4.78 is 15.3. The van der Waals surface area contributed by atoms with Crippen LogP contribution in [0.5, 0.6) is 0 Å². The van der Waals surface area contributed by atoms with E-state index in [1.807, 2.05) is 37.5 Å². The minimum absolute atomic E-state index is 0.165. The van der Waals surface area contributed by atoms with E-state index >= 15 is 0 Å². The third-order valence-corrected chi connectivity index (χ3v) is 4.78. The highest BCUT2D eigenvalue weighted by molar-refractivity contribution is 5.91. The number of nitrogens with one attached hydrogen (secondary N) is 1. The highest BCUT2D eigenvalue weighted by Gasteiger charge is 2.08. The number of rotatable bonds is 6. The molecule has 0 spiro atoms. The molecule has 3 heterocycles. The fourth-order valence-electron chi connectivity index (χ4n) is 3.10. The van der Waals surface area contributed by atoms with Crippen LogP contribution in [0.3, 0.4) is 0 Å². The zero-order chi connectivity index (χ0) is 21.8. The van der Waals surface area contributed by atoms with Crippen molar-refractivity contribution in [2.45, 2.75) is 19.8 Å². The lowest BCUT2D eigenvalue weighted by atomic mass is 10.0.